The van der Waals surface area contributed by atoms with Crippen molar-refractivity contribution in [1.29, 1.82) is 0 Å². The number of carbonyl (C=O) groups is 5. The van der Waals surface area contributed by atoms with Crippen molar-refractivity contribution in [2.45, 2.75) is 19.3 Å². The third-order valence-corrected chi connectivity index (χ3v) is 8.78. The van der Waals surface area contributed by atoms with Crippen molar-refractivity contribution >= 4 is 52.7 Å². The van der Waals surface area contributed by atoms with Crippen LogP contribution in [0.25, 0.3) is 0 Å². The second kappa shape index (κ2) is 10.8. The Bertz CT molecular complexity index is 1550. The van der Waals surface area contributed by atoms with Gasteiger partial charge in [-0.05, 0) is 85.7 Å². The molecule has 2 bridgehead atoms. The van der Waals surface area contributed by atoms with Crippen molar-refractivity contribution in [3.05, 3.63) is 99.5 Å². The number of amides is 3. The first-order valence-corrected chi connectivity index (χ1v) is 14.0. The molecule has 0 aromatic heterocycles. The molecule has 1 heterocycles. The molecule has 208 valence electrons. The van der Waals surface area contributed by atoms with Gasteiger partial charge < -0.3 is 4.74 Å². The standard InChI is InChI=1S/C31H24Cl2N2O6/c32-21-10-13-23(24(33)15-21)28(37)34(35-29(38)26-19-6-7-20(14-19)27(26)30(35)39)16-25(36)17-8-11-22(12-9-17)41-31(40)18-4-2-1-3-5-18/h1-5,8-13,15,19-20,26-27H,6-7,14,16H2/t19-,20-,26-,27+/m0/s1. The van der Waals surface area contributed by atoms with E-state index in [9.17, 15) is 24.0 Å². The highest BCUT2D eigenvalue weighted by molar-refractivity contribution is 6.36. The number of halogens is 2. The number of esters is 1. The third kappa shape index (κ3) is 4.91. The molecule has 2 saturated carbocycles. The van der Waals surface area contributed by atoms with Gasteiger partial charge in [0.05, 0.1) is 28.0 Å². The topological polar surface area (TPSA) is 101 Å². The van der Waals surface area contributed by atoms with Gasteiger partial charge in [-0.15, -0.1) is 0 Å². The van der Waals surface area contributed by atoms with Gasteiger partial charge in [0.15, 0.2) is 5.78 Å². The molecule has 3 amide bonds. The van der Waals surface area contributed by atoms with E-state index in [2.05, 4.69) is 0 Å². The molecule has 10 heteroatoms. The Labute approximate surface area is 245 Å². The SMILES string of the molecule is O=C(CN(C(=O)c1ccc(Cl)cc1Cl)N1C(=O)[C@@H]2[C@H]3CC[C@@H](C3)[C@@H]2C1=O)c1ccc(OC(=O)c2ccccc2)cc1. The van der Waals surface area contributed by atoms with Gasteiger partial charge in [0, 0.05) is 10.6 Å². The van der Waals surface area contributed by atoms with Crippen LogP contribution in [-0.2, 0) is 9.59 Å². The number of carbonyl (C=O) groups excluding carboxylic acids is 5. The predicted octanol–water partition coefficient (Wildman–Crippen LogP) is 5.48. The summed E-state index contributed by atoms with van der Waals surface area (Å²) in [4.78, 5) is 66.7. The van der Waals surface area contributed by atoms with Crippen LogP contribution in [0.15, 0.2) is 72.8 Å². The number of benzene rings is 3. The molecular weight excluding hydrogens is 567 g/mol. The van der Waals surface area contributed by atoms with Crippen LogP contribution >= 0.6 is 23.2 Å². The summed E-state index contributed by atoms with van der Waals surface area (Å²) in [5, 5.41) is 2.11. The maximum atomic E-state index is 13.8. The second-order valence-electron chi connectivity index (χ2n) is 10.6. The largest absolute Gasteiger partial charge is 0.423 e. The molecule has 3 fully saturated rings. The molecule has 41 heavy (non-hydrogen) atoms. The second-order valence-corrected chi connectivity index (χ2v) is 11.4. The zero-order chi connectivity index (χ0) is 28.8. The number of imide groups is 1. The number of nitrogens with zero attached hydrogens (tertiary/aromatic N) is 2. The fraction of sp³-hybridized carbons (Fsp3) is 0.258. The molecule has 1 aliphatic heterocycles. The van der Waals surface area contributed by atoms with E-state index < -0.39 is 47.9 Å². The summed E-state index contributed by atoms with van der Waals surface area (Å²) in [6, 6.07) is 18.6. The van der Waals surface area contributed by atoms with E-state index in [-0.39, 0.29) is 33.7 Å². The van der Waals surface area contributed by atoms with Crippen LogP contribution in [0.1, 0.15) is 50.3 Å². The third-order valence-electron chi connectivity index (χ3n) is 8.23. The number of hydrogen-bond donors (Lipinski definition) is 0. The minimum Gasteiger partial charge on any atom is -0.423 e. The number of Topliss-reactive ketones (excluding diaryl/α,β-unsaturated/α-hetero) is 1. The Morgan fingerprint density at radius 2 is 1.46 bits per heavy atom. The smallest absolute Gasteiger partial charge is 0.343 e. The molecular formula is C31H24Cl2N2O6. The predicted molar refractivity (Wildman–Crippen MR) is 149 cm³/mol. The number of ketones is 1. The van der Waals surface area contributed by atoms with Gasteiger partial charge in [-0.25, -0.2) is 9.80 Å². The van der Waals surface area contributed by atoms with Gasteiger partial charge in [-0.3, -0.25) is 19.2 Å². The van der Waals surface area contributed by atoms with Gasteiger partial charge in [0.2, 0.25) is 0 Å². The Kier molecular flexibility index (Phi) is 7.13. The zero-order valence-corrected chi connectivity index (χ0v) is 23.2. The van der Waals surface area contributed by atoms with Crippen LogP contribution < -0.4 is 4.74 Å². The van der Waals surface area contributed by atoms with Gasteiger partial charge in [-0.1, -0.05) is 41.4 Å². The van der Waals surface area contributed by atoms with Crippen molar-refractivity contribution in [2.24, 2.45) is 23.7 Å². The van der Waals surface area contributed by atoms with E-state index in [1.807, 2.05) is 0 Å². The zero-order valence-electron chi connectivity index (χ0n) is 21.7. The van der Waals surface area contributed by atoms with Gasteiger partial charge in [0.25, 0.3) is 17.7 Å². The summed E-state index contributed by atoms with van der Waals surface area (Å²) in [7, 11) is 0. The average molecular weight is 591 g/mol. The molecule has 1 saturated heterocycles. The minimum atomic E-state index is -0.762. The van der Waals surface area contributed by atoms with E-state index in [0.717, 1.165) is 29.3 Å². The van der Waals surface area contributed by atoms with Crippen molar-refractivity contribution in [2.75, 3.05) is 6.54 Å². The highest BCUT2D eigenvalue weighted by Crippen LogP contribution is 2.56. The van der Waals surface area contributed by atoms with Gasteiger partial charge >= 0.3 is 5.97 Å². The minimum absolute atomic E-state index is 0.00710. The van der Waals surface area contributed by atoms with Crippen molar-refractivity contribution in [3.63, 3.8) is 0 Å². The van der Waals surface area contributed by atoms with E-state index in [1.165, 1.54) is 42.5 Å². The Morgan fingerprint density at radius 3 is 2.07 bits per heavy atom. The lowest BCUT2D eigenvalue weighted by Crippen LogP contribution is -2.52. The van der Waals surface area contributed by atoms with E-state index in [1.54, 1.807) is 30.3 Å². The van der Waals surface area contributed by atoms with Gasteiger partial charge in [-0.2, -0.15) is 5.01 Å². The maximum Gasteiger partial charge on any atom is 0.343 e. The van der Waals surface area contributed by atoms with Crippen LogP contribution in [0.3, 0.4) is 0 Å². The summed E-state index contributed by atoms with van der Waals surface area (Å²) in [6.45, 7) is -0.576. The molecule has 3 aromatic carbocycles. The lowest BCUT2D eigenvalue weighted by atomic mass is 9.81. The molecule has 3 aromatic rings. The van der Waals surface area contributed by atoms with Crippen LogP contribution in [0.5, 0.6) is 5.75 Å². The number of ether oxygens (including phenoxy) is 1. The van der Waals surface area contributed by atoms with Crippen LogP contribution in [0, 0.1) is 23.7 Å². The first-order valence-electron chi connectivity index (χ1n) is 13.3. The van der Waals surface area contributed by atoms with E-state index in [0.29, 0.717) is 10.6 Å². The van der Waals surface area contributed by atoms with Crippen molar-refractivity contribution < 1.29 is 28.7 Å². The maximum absolute atomic E-state index is 13.8. The normalized spacial score (nSPS) is 22.5. The molecule has 8 nitrogen and oxygen atoms in total. The molecule has 0 N–H and O–H groups in total. The first kappa shape index (κ1) is 27.2. The first-order chi connectivity index (χ1) is 19.7. The molecule has 6 rings (SSSR count). The van der Waals surface area contributed by atoms with E-state index in [4.69, 9.17) is 27.9 Å². The highest BCUT2D eigenvalue weighted by Gasteiger charge is 2.62. The fourth-order valence-corrected chi connectivity index (χ4v) is 6.83. The Balaban J connectivity index is 1.26. The molecule has 3 aliphatic rings. The lowest BCUT2D eigenvalue weighted by molar-refractivity contribution is -0.155. The van der Waals surface area contributed by atoms with Crippen LogP contribution in [0.2, 0.25) is 10.0 Å². The van der Waals surface area contributed by atoms with Crippen molar-refractivity contribution in [1.82, 2.24) is 10.0 Å². The number of hydrazine groups is 1. The molecule has 0 radical (unpaired) electrons. The molecule has 0 unspecified atom stereocenters. The number of fused-ring (bicyclic) bond motifs is 5. The number of hydrogen-bond acceptors (Lipinski definition) is 6. The summed E-state index contributed by atoms with van der Waals surface area (Å²) in [5.41, 5.74) is 0.581. The van der Waals surface area contributed by atoms with Crippen LogP contribution in [-0.4, -0.2) is 46.0 Å². The fourth-order valence-electron chi connectivity index (χ4n) is 6.34. The summed E-state index contributed by atoms with van der Waals surface area (Å²) >= 11 is 12.3. The molecule has 4 atom stereocenters. The lowest BCUT2D eigenvalue weighted by Gasteiger charge is -2.31. The Hall–Kier alpha value is -4.01. The monoisotopic (exact) mass is 590 g/mol. The summed E-state index contributed by atoms with van der Waals surface area (Å²) < 4.78 is 5.38. The summed E-state index contributed by atoms with van der Waals surface area (Å²) in [6.07, 6.45) is 2.57. The average Bonchev–Trinajstić information content (AvgIpc) is 3.66. The van der Waals surface area contributed by atoms with Gasteiger partial charge in [0.1, 0.15) is 12.3 Å². The van der Waals surface area contributed by atoms with E-state index >= 15 is 0 Å². The summed E-state index contributed by atoms with van der Waals surface area (Å²) in [5.74, 6) is -3.28. The molecule has 0 spiro atoms. The molecule has 2 aliphatic carbocycles. The number of rotatable bonds is 7. The quantitative estimate of drug-likeness (QED) is 0.156. The highest BCUT2D eigenvalue weighted by atomic mass is 35.5. The Morgan fingerprint density at radius 1 is 0.829 bits per heavy atom. The van der Waals surface area contributed by atoms with Crippen LogP contribution in [0.4, 0.5) is 0 Å². The van der Waals surface area contributed by atoms with Crippen molar-refractivity contribution in [3.8, 4) is 5.75 Å².